The summed E-state index contributed by atoms with van der Waals surface area (Å²) in [5.41, 5.74) is 0. The minimum absolute atomic E-state index is 0.0910. The molecule has 2 fully saturated rings. The highest BCUT2D eigenvalue weighted by molar-refractivity contribution is 5.79. The standard InChI is InChI=1S/C14H23NO4/c1-10-8-15(9-12(19-10)14(17)18)13(16)7-11-5-3-2-4-6-11/h10-12H,2-9H2,1H3,(H,17,18)/t10-,12?/m1/s1. The Balaban J connectivity index is 1.88. The number of nitrogens with zero attached hydrogens (tertiary/aromatic N) is 1. The van der Waals surface area contributed by atoms with Gasteiger partial charge in [0.25, 0.3) is 0 Å². The van der Waals surface area contributed by atoms with Crippen LogP contribution in [0.3, 0.4) is 0 Å². The maximum absolute atomic E-state index is 12.3. The lowest BCUT2D eigenvalue weighted by Gasteiger charge is -2.36. The van der Waals surface area contributed by atoms with Gasteiger partial charge < -0.3 is 14.7 Å². The number of carboxylic acid groups (broad SMARTS) is 1. The molecule has 1 aliphatic heterocycles. The lowest BCUT2D eigenvalue weighted by Crippen LogP contribution is -2.52. The zero-order chi connectivity index (χ0) is 13.8. The monoisotopic (exact) mass is 269 g/mol. The molecule has 0 aromatic rings. The molecule has 1 saturated heterocycles. The summed E-state index contributed by atoms with van der Waals surface area (Å²) >= 11 is 0. The number of rotatable bonds is 3. The maximum atomic E-state index is 12.3. The van der Waals surface area contributed by atoms with E-state index in [0.717, 1.165) is 12.8 Å². The van der Waals surface area contributed by atoms with Crippen molar-refractivity contribution >= 4 is 11.9 Å². The number of carbonyl (C=O) groups excluding carboxylic acids is 1. The number of ether oxygens (including phenoxy) is 1. The Hall–Kier alpha value is -1.10. The molecule has 108 valence electrons. The molecule has 0 aromatic heterocycles. The third-order valence-corrected chi connectivity index (χ3v) is 4.08. The third-order valence-electron chi connectivity index (χ3n) is 4.08. The second-order valence-corrected chi connectivity index (χ2v) is 5.78. The van der Waals surface area contributed by atoms with Crippen molar-refractivity contribution < 1.29 is 19.4 Å². The number of amides is 1. The zero-order valence-electron chi connectivity index (χ0n) is 11.5. The number of hydrogen-bond acceptors (Lipinski definition) is 3. The summed E-state index contributed by atoms with van der Waals surface area (Å²) in [6.07, 6.45) is 5.47. The number of morpholine rings is 1. The molecule has 2 aliphatic rings. The second kappa shape index (κ2) is 6.37. The van der Waals surface area contributed by atoms with Crippen LogP contribution in [0.25, 0.3) is 0 Å². The first-order valence-corrected chi connectivity index (χ1v) is 7.22. The van der Waals surface area contributed by atoms with Crippen molar-refractivity contribution in [2.75, 3.05) is 13.1 Å². The molecular weight excluding hydrogens is 246 g/mol. The quantitative estimate of drug-likeness (QED) is 0.846. The summed E-state index contributed by atoms with van der Waals surface area (Å²) in [6.45, 7) is 2.51. The van der Waals surface area contributed by atoms with Gasteiger partial charge in [-0.15, -0.1) is 0 Å². The largest absolute Gasteiger partial charge is 0.479 e. The van der Waals surface area contributed by atoms with Crippen molar-refractivity contribution in [3.8, 4) is 0 Å². The molecule has 1 saturated carbocycles. The summed E-state index contributed by atoms with van der Waals surface area (Å²) in [5.74, 6) is -0.405. The van der Waals surface area contributed by atoms with E-state index < -0.39 is 12.1 Å². The van der Waals surface area contributed by atoms with E-state index in [-0.39, 0.29) is 18.6 Å². The first kappa shape index (κ1) is 14.3. The fourth-order valence-electron chi connectivity index (χ4n) is 3.06. The molecule has 0 spiro atoms. The first-order chi connectivity index (χ1) is 9.06. The molecule has 0 bridgehead atoms. The van der Waals surface area contributed by atoms with Crippen LogP contribution in [0.5, 0.6) is 0 Å². The van der Waals surface area contributed by atoms with Crippen molar-refractivity contribution in [1.82, 2.24) is 4.90 Å². The van der Waals surface area contributed by atoms with Crippen molar-refractivity contribution in [3.05, 3.63) is 0 Å². The average Bonchev–Trinajstić information content (AvgIpc) is 2.39. The smallest absolute Gasteiger partial charge is 0.334 e. The van der Waals surface area contributed by atoms with Crippen LogP contribution in [-0.2, 0) is 14.3 Å². The van der Waals surface area contributed by atoms with Gasteiger partial charge in [-0.05, 0) is 25.7 Å². The van der Waals surface area contributed by atoms with Crippen LogP contribution in [-0.4, -0.2) is 47.2 Å². The van der Waals surface area contributed by atoms with E-state index in [1.807, 2.05) is 6.92 Å². The van der Waals surface area contributed by atoms with Crippen molar-refractivity contribution in [2.24, 2.45) is 5.92 Å². The molecule has 5 heteroatoms. The second-order valence-electron chi connectivity index (χ2n) is 5.78. The van der Waals surface area contributed by atoms with Gasteiger partial charge in [-0.3, -0.25) is 4.79 Å². The Labute approximate surface area is 113 Å². The lowest BCUT2D eigenvalue weighted by atomic mass is 9.86. The Morgan fingerprint density at radius 2 is 1.89 bits per heavy atom. The van der Waals surface area contributed by atoms with E-state index in [1.165, 1.54) is 19.3 Å². The van der Waals surface area contributed by atoms with Crippen molar-refractivity contribution in [1.29, 1.82) is 0 Å². The summed E-state index contributed by atoms with van der Waals surface area (Å²) in [7, 11) is 0. The summed E-state index contributed by atoms with van der Waals surface area (Å²) < 4.78 is 5.32. The van der Waals surface area contributed by atoms with Gasteiger partial charge in [-0.25, -0.2) is 4.79 Å². The summed E-state index contributed by atoms with van der Waals surface area (Å²) in [4.78, 5) is 24.9. The Morgan fingerprint density at radius 1 is 1.21 bits per heavy atom. The predicted octanol–water partition coefficient (Wildman–Crippen LogP) is 1.66. The van der Waals surface area contributed by atoms with Crippen LogP contribution in [0, 0.1) is 5.92 Å². The van der Waals surface area contributed by atoms with Gasteiger partial charge in [0.1, 0.15) is 0 Å². The van der Waals surface area contributed by atoms with Crippen LogP contribution >= 0.6 is 0 Å². The van der Waals surface area contributed by atoms with E-state index in [0.29, 0.717) is 18.9 Å². The Bertz CT molecular complexity index is 338. The molecule has 2 atom stereocenters. The molecule has 1 N–H and O–H groups in total. The van der Waals surface area contributed by atoms with E-state index in [4.69, 9.17) is 9.84 Å². The summed E-state index contributed by atoms with van der Waals surface area (Å²) in [6, 6.07) is 0. The molecular formula is C14H23NO4. The van der Waals surface area contributed by atoms with Crippen LogP contribution in [0.4, 0.5) is 0 Å². The molecule has 1 unspecified atom stereocenters. The van der Waals surface area contributed by atoms with E-state index in [2.05, 4.69) is 0 Å². The van der Waals surface area contributed by atoms with Gasteiger partial charge in [-0.2, -0.15) is 0 Å². The van der Waals surface area contributed by atoms with Crippen LogP contribution in [0.15, 0.2) is 0 Å². The van der Waals surface area contributed by atoms with Crippen LogP contribution in [0.1, 0.15) is 45.4 Å². The molecule has 0 radical (unpaired) electrons. The topological polar surface area (TPSA) is 66.8 Å². The molecule has 5 nitrogen and oxygen atoms in total. The van der Waals surface area contributed by atoms with Gasteiger partial charge in [0.15, 0.2) is 6.10 Å². The molecule has 19 heavy (non-hydrogen) atoms. The van der Waals surface area contributed by atoms with Crippen LogP contribution < -0.4 is 0 Å². The Morgan fingerprint density at radius 3 is 2.53 bits per heavy atom. The van der Waals surface area contributed by atoms with Crippen LogP contribution in [0.2, 0.25) is 0 Å². The summed E-state index contributed by atoms with van der Waals surface area (Å²) in [5, 5.41) is 9.01. The van der Waals surface area contributed by atoms with Gasteiger partial charge in [0, 0.05) is 13.0 Å². The van der Waals surface area contributed by atoms with Gasteiger partial charge >= 0.3 is 5.97 Å². The zero-order valence-corrected chi connectivity index (χ0v) is 11.5. The number of carboxylic acids is 1. The average molecular weight is 269 g/mol. The molecule has 1 heterocycles. The maximum Gasteiger partial charge on any atom is 0.334 e. The molecule has 2 rings (SSSR count). The lowest BCUT2D eigenvalue weighted by molar-refractivity contribution is -0.166. The molecule has 1 aliphatic carbocycles. The predicted molar refractivity (Wildman–Crippen MR) is 69.7 cm³/mol. The molecule has 0 aromatic carbocycles. The fraction of sp³-hybridized carbons (Fsp3) is 0.857. The van der Waals surface area contributed by atoms with E-state index in [1.54, 1.807) is 4.90 Å². The molecule has 1 amide bonds. The fourth-order valence-corrected chi connectivity index (χ4v) is 3.06. The van der Waals surface area contributed by atoms with E-state index in [9.17, 15) is 9.59 Å². The minimum Gasteiger partial charge on any atom is -0.479 e. The Kier molecular flexibility index (Phi) is 4.80. The highest BCUT2D eigenvalue weighted by Crippen LogP contribution is 2.27. The van der Waals surface area contributed by atoms with E-state index >= 15 is 0 Å². The number of carbonyl (C=O) groups is 2. The normalized spacial score (nSPS) is 29.2. The van der Waals surface area contributed by atoms with Gasteiger partial charge in [0.2, 0.25) is 5.91 Å². The highest BCUT2D eigenvalue weighted by atomic mass is 16.5. The highest BCUT2D eigenvalue weighted by Gasteiger charge is 2.33. The van der Waals surface area contributed by atoms with Crippen molar-refractivity contribution in [2.45, 2.75) is 57.7 Å². The minimum atomic E-state index is -0.984. The third kappa shape index (κ3) is 3.93. The van der Waals surface area contributed by atoms with Crippen molar-refractivity contribution in [3.63, 3.8) is 0 Å². The SMILES string of the molecule is C[C@@H]1CN(C(=O)CC2CCCCC2)CC(C(=O)O)O1. The van der Waals surface area contributed by atoms with Gasteiger partial charge in [-0.1, -0.05) is 19.3 Å². The number of aliphatic carboxylic acids is 1. The number of hydrogen-bond donors (Lipinski definition) is 1. The first-order valence-electron chi connectivity index (χ1n) is 7.22. The van der Waals surface area contributed by atoms with Gasteiger partial charge in [0.05, 0.1) is 12.6 Å².